The predicted molar refractivity (Wildman–Crippen MR) is 38.8 cm³/mol. The summed E-state index contributed by atoms with van der Waals surface area (Å²) in [6, 6.07) is 12.0. The Morgan fingerprint density at radius 1 is 0.917 bits per heavy atom. The Morgan fingerprint density at radius 3 is 1.08 bits per heavy atom. The summed E-state index contributed by atoms with van der Waals surface area (Å²) in [5.74, 6) is 0. The number of rotatable bonds is 0. The van der Waals surface area contributed by atoms with Gasteiger partial charge in [0.2, 0.25) is 10.4 Å². The first-order chi connectivity index (χ1) is 5.00. The molecule has 0 saturated heterocycles. The van der Waals surface area contributed by atoms with Crippen LogP contribution < -0.4 is 29.6 Å². The van der Waals surface area contributed by atoms with Gasteiger partial charge in [-0.15, -0.1) is 0 Å². The Balaban J connectivity index is 0. The first-order valence-electron chi connectivity index (χ1n) is 2.68. The van der Waals surface area contributed by atoms with Gasteiger partial charge in [-0.05, 0) is 0 Å². The average Bonchev–Trinajstić information content (AvgIpc) is 1.88. The second-order valence-electron chi connectivity index (χ2n) is 1.58. The van der Waals surface area contributed by atoms with E-state index in [9.17, 15) is 0 Å². The van der Waals surface area contributed by atoms with E-state index in [1.165, 1.54) is 0 Å². The van der Waals surface area contributed by atoms with Crippen LogP contribution in [0.4, 0.5) is 0 Å². The van der Waals surface area contributed by atoms with Crippen molar-refractivity contribution in [1.82, 2.24) is 0 Å². The molecule has 0 aliphatic carbocycles. The number of benzene rings is 1. The van der Waals surface area contributed by atoms with Crippen molar-refractivity contribution in [3.05, 3.63) is 36.4 Å². The zero-order valence-electron chi connectivity index (χ0n) is 6.54. The predicted octanol–water partition coefficient (Wildman–Crippen LogP) is -2.30. The van der Waals surface area contributed by atoms with Gasteiger partial charge in [-0.2, -0.15) is 0 Å². The molecule has 12 heavy (non-hydrogen) atoms. The average molecular weight is 198 g/mol. The summed E-state index contributed by atoms with van der Waals surface area (Å²) in [5.41, 5.74) is 0. The monoisotopic (exact) mass is 198 g/mol. The minimum Gasteiger partial charge on any atom is -0.726 e. The van der Waals surface area contributed by atoms with Gasteiger partial charge in [0, 0.05) is 0 Å². The minimum absolute atomic E-state index is 0. The van der Waals surface area contributed by atoms with Crippen LogP contribution in [0.15, 0.2) is 36.4 Å². The molecule has 4 nitrogen and oxygen atoms in total. The fourth-order valence-electron chi connectivity index (χ4n) is 0.385. The maximum atomic E-state index is 8.63. The molecule has 0 spiro atoms. The van der Waals surface area contributed by atoms with Gasteiger partial charge in [0.25, 0.3) is 0 Å². The first-order valence-corrected chi connectivity index (χ1v) is 4.05. The van der Waals surface area contributed by atoms with E-state index >= 15 is 0 Å². The molecule has 0 aliphatic rings. The number of hydrogen-bond acceptors (Lipinski definition) is 3. The van der Waals surface area contributed by atoms with Crippen LogP contribution in [-0.4, -0.2) is 17.5 Å². The molecule has 0 radical (unpaired) electrons. The Kier molecular flexibility index (Phi) is 9.40. The zero-order chi connectivity index (χ0) is 8.74. The molecule has 0 atom stereocenters. The van der Waals surface area contributed by atoms with Crippen molar-refractivity contribution in [3.63, 3.8) is 0 Å². The third kappa shape index (κ3) is 22.5. The fraction of sp³-hybridized carbons (Fsp3) is 0. The third-order valence-electron chi connectivity index (χ3n) is 0.667. The van der Waals surface area contributed by atoms with E-state index in [1.54, 1.807) is 0 Å². The maximum Gasteiger partial charge on any atom is 1.00 e. The van der Waals surface area contributed by atoms with E-state index in [-0.39, 0.29) is 29.6 Å². The van der Waals surface area contributed by atoms with Gasteiger partial charge in [-0.1, -0.05) is 36.4 Å². The van der Waals surface area contributed by atoms with Gasteiger partial charge in [-0.25, -0.2) is 8.42 Å². The topological polar surface area (TPSA) is 77.4 Å². The molecule has 1 rings (SSSR count). The van der Waals surface area contributed by atoms with Crippen LogP contribution in [0.1, 0.15) is 0 Å². The van der Waals surface area contributed by atoms with Crippen molar-refractivity contribution in [3.8, 4) is 0 Å². The van der Waals surface area contributed by atoms with E-state index in [0.717, 1.165) is 0 Å². The molecule has 0 unspecified atom stereocenters. The number of hydrogen-bond donors (Lipinski definition) is 1. The molecule has 1 aromatic carbocycles. The Labute approximate surface area is 93.5 Å². The van der Waals surface area contributed by atoms with E-state index in [1.807, 2.05) is 36.4 Å². The molecule has 0 aliphatic heterocycles. The fourth-order valence-corrected chi connectivity index (χ4v) is 0.385. The normalized spacial score (nSPS) is 8.83. The summed E-state index contributed by atoms with van der Waals surface area (Å²) in [6.07, 6.45) is 0. The molecule has 1 aromatic rings. The van der Waals surface area contributed by atoms with E-state index < -0.39 is 10.4 Å². The van der Waals surface area contributed by atoms with Crippen LogP contribution >= 0.6 is 0 Å². The maximum absolute atomic E-state index is 8.63. The van der Waals surface area contributed by atoms with Crippen LogP contribution in [-0.2, 0) is 10.4 Å². The van der Waals surface area contributed by atoms with Crippen molar-refractivity contribution >= 4 is 10.4 Å². The summed E-state index contributed by atoms with van der Waals surface area (Å²) in [6.45, 7) is 0. The van der Waals surface area contributed by atoms with Crippen LogP contribution in [0.25, 0.3) is 0 Å². The van der Waals surface area contributed by atoms with Gasteiger partial charge in [0.15, 0.2) is 0 Å². The first kappa shape index (κ1) is 14.6. The largest absolute Gasteiger partial charge is 1.00 e. The molecule has 0 amide bonds. The summed E-state index contributed by atoms with van der Waals surface area (Å²) in [5, 5.41) is 0. The molecule has 0 saturated carbocycles. The molecule has 0 fully saturated rings. The van der Waals surface area contributed by atoms with E-state index in [2.05, 4.69) is 0 Å². The van der Waals surface area contributed by atoms with Crippen LogP contribution in [0.2, 0.25) is 0 Å². The Morgan fingerprint density at radius 2 is 1.00 bits per heavy atom. The Bertz CT molecular complexity index is 236. The van der Waals surface area contributed by atoms with Gasteiger partial charge in [-0.3, -0.25) is 4.55 Å². The zero-order valence-corrected chi connectivity index (χ0v) is 9.36. The van der Waals surface area contributed by atoms with Crippen molar-refractivity contribution in [1.29, 1.82) is 0 Å². The van der Waals surface area contributed by atoms with Crippen LogP contribution in [0, 0.1) is 0 Å². The van der Waals surface area contributed by atoms with Gasteiger partial charge in [0.05, 0.1) is 0 Å². The molecule has 0 bridgehead atoms. The molecule has 6 heteroatoms. The summed E-state index contributed by atoms with van der Waals surface area (Å²) >= 11 is 0. The molecular weight excluding hydrogens is 191 g/mol. The second-order valence-corrected chi connectivity index (χ2v) is 2.44. The van der Waals surface area contributed by atoms with Gasteiger partial charge >= 0.3 is 29.6 Å². The summed E-state index contributed by atoms with van der Waals surface area (Å²) in [4.78, 5) is 0. The third-order valence-corrected chi connectivity index (χ3v) is 0.667. The molecule has 0 heterocycles. The molecule has 62 valence electrons. The van der Waals surface area contributed by atoms with Crippen LogP contribution in [0.3, 0.4) is 0 Å². The quantitative estimate of drug-likeness (QED) is 0.289. The van der Waals surface area contributed by atoms with Gasteiger partial charge in [0.1, 0.15) is 0 Å². The molecule has 0 aromatic heterocycles. The SMILES string of the molecule is O=S(=O)([O-])O.[Na+].c1ccccc1. The summed E-state index contributed by atoms with van der Waals surface area (Å²) in [7, 11) is -4.92. The van der Waals surface area contributed by atoms with E-state index in [0.29, 0.717) is 0 Å². The Hall–Kier alpha value is 0.0900. The smallest absolute Gasteiger partial charge is 0.726 e. The van der Waals surface area contributed by atoms with Crippen molar-refractivity contribution < 1.29 is 47.1 Å². The van der Waals surface area contributed by atoms with Crippen LogP contribution in [0.5, 0.6) is 0 Å². The van der Waals surface area contributed by atoms with E-state index in [4.69, 9.17) is 17.5 Å². The standard InChI is InChI=1S/C6H6.Na.H2O4S/c1-2-4-6-5-3-1;;1-5(2,3)4/h1-6H;;(H2,1,2,3,4)/q;+1;/p-1. The molecular formula is C6H7NaO4S. The minimum atomic E-state index is -4.92. The van der Waals surface area contributed by atoms with Crippen molar-refractivity contribution in [2.45, 2.75) is 0 Å². The second kappa shape index (κ2) is 7.72. The van der Waals surface area contributed by atoms with Gasteiger partial charge < -0.3 is 4.55 Å². The summed E-state index contributed by atoms with van der Waals surface area (Å²) < 4.78 is 32.8. The van der Waals surface area contributed by atoms with Crippen molar-refractivity contribution in [2.75, 3.05) is 0 Å². The van der Waals surface area contributed by atoms with Crippen molar-refractivity contribution in [2.24, 2.45) is 0 Å². The molecule has 1 N–H and O–H groups in total.